The van der Waals surface area contributed by atoms with E-state index >= 15 is 0 Å². The molecule has 34 heavy (non-hydrogen) atoms. The van der Waals surface area contributed by atoms with Gasteiger partial charge in [0.25, 0.3) is 11.7 Å². The summed E-state index contributed by atoms with van der Waals surface area (Å²) in [6.45, 7) is 1.03. The minimum absolute atomic E-state index is 0.0392. The van der Waals surface area contributed by atoms with Gasteiger partial charge in [-0.05, 0) is 51.3 Å². The fourth-order valence-corrected chi connectivity index (χ4v) is 4.35. The first kappa shape index (κ1) is 25.4. The number of likely N-dealkylation sites (tertiary alicyclic amines) is 1. The Morgan fingerprint density at radius 3 is 2.35 bits per heavy atom. The van der Waals surface area contributed by atoms with Crippen molar-refractivity contribution in [1.82, 2.24) is 9.80 Å². The van der Waals surface area contributed by atoms with Crippen LogP contribution in [0.5, 0.6) is 17.2 Å². The van der Waals surface area contributed by atoms with Gasteiger partial charge >= 0.3 is 0 Å². The fourth-order valence-electron chi connectivity index (χ4n) is 4.09. The third-order valence-electron chi connectivity index (χ3n) is 5.70. The Balaban J connectivity index is 2.21. The van der Waals surface area contributed by atoms with Crippen molar-refractivity contribution in [2.24, 2.45) is 0 Å². The number of methoxy groups -OCH3 is 3. The van der Waals surface area contributed by atoms with Crippen LogP contribution >= 0.6 is 11.6 Å². The zero-order valence-electron chi connectivity index (χ0n) is 19.9. The standard InChI is InChI=1S/C25H29ClN2O6/c1-27(2)12-7-13-28-21(16-8-6-9-19(33-4)24(16)34-5)20(23(30)25(28)31)22(29)15-10-11-18(32-3)17(26)14-15/h6,8-11,14,21,29H,7,12-13H2,1-5H3/t21-/m0/s1. The van der Waals surface area contributed by atoms with E-state index in [4.69, 9.17) is 25.8 Å². The van der Waals surface area contributed by atoms with E-state index in [1.165, 1.54) is 32.3 Å². The lowest BCUT2D eigenvalue weighted by Gasteiger charge is -2.27. The first-order chi connectivity index (χ1) is 16.2. The highest BCUT2D eigenvalue weighted by Crippen LogP contribution is 2.45. The number of benzene rings is 2. The molecule has 8 nitrogen and oxygen atoms in total. The molecule has 1 heterocycles. The van der Waals surface area contributed by atoms with E-state index in [9.17, 15) is 14.7 Å². The van der Waals surface area contributed by atoms with Crippen molar-refractivity contribution in [1.29, 1.82) is 0 Å². The Hall–Kier alpha value is -3.23. The van der Waals surface area contributed by atoms with Crippen LogP contribution in [0.15, 0.2) is 42.0 Å². The topological polar surface area (TPSA) is 88.5 Å². The lowest BCUT2D eigenvalue weighted by Crippen LogP contribution is -2.32. The van der Waals surface area contributed by atoms with Crippen LogP contribution in [0.3, 0.4) is 0 Å². The number of nitrogens with zero attached hydrogens (tertiary/aromatic N) is 2. The molecule has 0 unspecified atom stereocenters. The van der Waals surface area contributed by atoms with Crippen LogP contribution in [0.4, 0.5) is 0 Å². The summed E-state index contributed by atoms with van der Waals surface area (Å²) < 4.78 is 16.2. The monoisotopic (exact) mass is 488 g/mol. The van der Waals surface area contributed by atoms with Crippen molar-refractivity contribution in [3.8, 4) is 17.2 Å². The van der Waals surface area contributed by atoms with Gasteiger partial charge in [-0.15, -0.1) is 0 Å². The maximum Gasteiger partial charge on any atom is 0.295 e. The molecule has 182 valence electrons. The van der Waals surface area contributed by atoms with Crippen molar-refractivity contribution >= 4 is 29.1 Å². The van der Waals surface area contributed by atoms with E-state index < -0.39 is 17.7 Å². The van der Waals surface area contributed by atoms with Gasteiger partial charge in [0.2, 0.25) is 0 Å². The number of amides is 1. The number of aliphatic hydroxyl groups is 1. The van der Waals surface area contributed by atoms with E-state index in [1.54, 1.807) is 30.3 Å². The van der Waals surface area contributed by atoms with Gasteiger partial charge in [0.15, 0.2) is 11.5 Å². The summed E-state index contributed by atoms with van der Waals surface area (Å²) in [6, 6.07) is 9.03. The van der Waals surface area contributed by atoms with Crippen molar-refractivity contribution in [2.75, 3.05) is 48.5 Å². The van der Waals surface area contributed by atoms with E-state index in [0.29, 0.717) is 41.3 Å². The van der Waals surface area contributed by atoms with E-state index in [-0.39, 0.29) is 16.4 Å². The van der Waals surface area contributed by atoms with Gasteiger partial charge < -0.3 is 29.1 Å². The number of halogens is 1. The van der Waals surface area contributed by atoms with Gasteiger partial charge in [-0.25, -0.2) is 0 Å². The maximum atomic E-state index is 13.2. The molecule has 0 radical (unpaired) electrons. The number of aliphatic hydroxyl groups excluding tert-OH is 1. The maximum absolute atomic E-state index is 13.2. The van der Waals surface area contributed by atoms with Crippen LogP contribution in [0.1, 0.15) is 23.6 Å². The molecular weight excluding hydrogens is 460 g/mol. The number of carbonyl (C=O) groups is 2. The largest absolute Gasteiger partial charge is 0.507 e. The molecule has 2 aromatic rings. The second-order valence-electron chi connectivity index (χ2n) is 8.08. The van der Waals surface area contributed by atoms with Crippen LogP contribution in [0.25, 0.3) is 5.76 Å². The smallest absolute Gasteiger partial charge is 0.295 e. The summed E-state index contributed by atoms with van der Waals surface area (Å²) in [5, 5.41) is 11.5. The molecule has 2 aromatic carbocycles. The summed E-state index contributed by atoms with van der Waals surface area (Å²) in [7, 11) is 8.35. The molecule has 1 atom stereocenters. The third-order valence-corrected chi connectivity index (χ3v) is 5.99. The summed E-state index contributed by atoms with van der Waals surface area (Å²) in [4.78, 5) is 29.8. The van der Waals surface area contributed by atoms with Crippen molar-refractivity contribution in [3.05, 3.63) is 58.1 Å². The van der Waals surface area contributed by atoms with Crippen molar-refractivity contribution < 1.29 is 28.9 Å². The molecule has 0 saturated carbocycles. The SMILES string of the molecule is COc1ccc(C(O)=C2C(=O)C(=O)N(CCCN(C)C)[C@H]2c2cccc(OC)c2OC)cc1Cl. The average molecular weight is 489 g/mol. The van der Waals surface area contributed by atoms with Crippen LogP contribution in [-0.4, -0.2) is 75.1 Å². The molecule has 0 bridgehead atoms. The molecule has 1 fully saturated rings. The zero-order valence-corrected chi connectivity index (χ0v) is 20.7. The second-order valence-corrected chi connectivity index (χ2v) is 8.49. The first-order valence-corrected chi connectivity index (χ1v) is 11.1. The van der Waals surface area contributed by atoms with Gasteiger partial charge in [0.1, 0.15) is 11.5 Å². The number of ketones is 1. The number of carbonyl (C=O) groups excluding carboxylic acids is 2. The zero-order chi connectivity index (χ0) is 25.0. The van der Waals surface area contributed by atoms with Gasteiger partial charge in [0.05, 0.1) is 38.0 Å². The number of hydrogen-bond acceptors (Lipinski definition) is 7. The van der Waals surface area contributed by atoms with Crippen molar-refractivity contribution in [2.45, 2.75) is 12.5 Å². The molecule has 1 amide bonds. The van der Waals surface area contributed by atoms with Crippen LogP contribution in [-0.2, 0) is 9.59 Å². The van der Waals surface area contributed by atoms with Gasteiger partial charge in [0, 0.05) is 17.7 Å². The Morgan fingerprint density at radius 2 is 1.76 bits per heavy atom. The van der Waals surface area contributed by atoms with Gasteiger partial charge in [-0.2, -0.15) is 0 Å². The lowest BCUT2D eigenvalue weighted by atomic mass is 9.94. The molecule has 1 aliphatic rings. The molecule has 1 aliphatic heterocycles. The Morgan fingerprint density at radius 1 is 1.06 bits per heavy atom. The van der Waals surface area contributed by atoms with Gasteiger partial charge in [-0.1, -0.05) is 23.7 Å². The highest BCUT2D eigenvalue weighted by molar-refractivity contribution is 6.46. The highest BCUT2D eigenvalue weighted by atomic mass is 35.5. The average Bonchev–Trinajstić information content (AvgIpc) is 3.07. The van der Waals surface area contributed by atoms with Crippen molar-refractivity contribution in [3.63, 3.8) is 0 Å². The second kappa shape index (κ2) is 10.8. The fraction of sp³-hybridized carbons (Fsp3) is 0.360. The van der Waals surface area contributed by atoms with Gasteiger partial charge in [-0.3, -0.25) is 9.59 Å². The Bertz CT molecular complexity index is 1110. The molecular formula is C25H29ClN2O6. The molecule has 0 spiro atoms. The molecule has 3 rings (SSSR count). The predicted octanol–water partition coefficient (Wildman–Crippen LogP) is 3.74. The summed E-state index contributed by atoms with van der Waals surface area (Å²) in [5.74, 6) is -0.528. The van der Waals surface area contributed by atoms with Crippen LogP contribution < -0.4 is 14.2 Å². The predicted molar refractivity (Wildman–Crippen MR) is 130 cm³/mol. The molecule has 1 N–H and O–H groups in total. The first-order valence-electron chi connectivity index (χ1n) is 10.7. The quantitative estimate of drug-likeness (QED) is 0.327. The summed E-state index contributed by atoms with van der Waals surface area (Å²) >= 11 is 6.25. The minimum atomic E-state index is -0.868. The van der Waals surface area contributed by atoms with Crippen LogP contribution in [0.2, 0.25) is 5.02 Å². The molecule has 0 aromatic heterocycles. The number of ether oxygens (including phenoxy) is 3. The lowest BCUT2D eigenvalue weighted by molar-refractivity contribution is -0.140. The van der Waals surface area contributed by atoms with Crippen LogP contribution in [0, 0.1) is 0 Å². The summed E-state index contributed by atoms with van der Waals surface area (Å²) in [5.41, 5.74) is 0.790. The number of rotatable bonds is 9. The highest BCUT2D eigenvalue weighted by Gasteiger charge is 2.47. The summed E-state index contributed by atoms with van der Waals surface area (Å²) in [6.07, 6.45) is 0.636. The Kier molecular flexibility index (Phi) is 8.06. The minimum Gasteiger partial charge on any atom is -0.507 e. The van der Waals surface area contributed by atoms with E-state index in [1.807, 2.05) is 19.0 Å². The number of Topliss-reactive ketones (excluding diaryl/α,β-unsaturated/α-hetero) is 1. The molecule has 0 aliphatic carbocycles. The van der Waals surface area contributed by atoms with E-state index in [2.05, 4.69) is 0 Å². The normalized spacial score (nSPS) is 17.4. The molecule has 1 saturated heterocycles. The number of para-hydroxylation sites is 1. The Labute approximate surface area is 204 Å². The molecule has 9 heteroatoms. The van der Waals surface area contributed by atoms with E-state index in [0.717, 1.165) is 6.54 Å². The number of hydrogen-bond donors (Lipinski definition) is 1. The third kappa shape index (κ3) is 4.83.